The van der Waals surface area contributed by atoms with Crippen LogP contribution in [0.5, 0.6) is 0 Å². The zero-order valence-electron chi connectivity index (χ0n) is 19.4. The highest BCUT2D eigenvalue weighted by Gasteiger charge is 2.44. The molecule has 0 aliphatic heterocycles. The van der Waals surface area contributed by atoms with Crippen molar-refractivity contribution in [3.63, 3.8) is 0 Å². The Morgan fingerprint density at radius 3 is 1.44 bits per heavy atom. The van der Waals surface area contributed by atoms with E-state index in [1.165, 1.54) is 63.4 Å². The Kier molecular flexibility index (Phi) is 16.7. The van der Waals surface area contributed by atoms with Crippen LogP contribution in [0, 0.1) is 0 Å². The minimum absolute atomic E-state index is 0.00310. The van der Waals surface area contributed by atoms with Crippen LogP contribution in [0.4, 0.5) is 26.3 Å². The largest absolute Gasteiger partial charge is 0.404 e. The fourth-order valence-corrected chi connectivity index (χ4v) is 4.19. The van der Waals surface area contributed by atoms with E-state index in [0.717, 1.165) is 9.80 Å². The van der Waals surface area contributed by atoms with Gasteiger partial charge in [-0.15, -0.1) is 0 Å². The van der Waals surface area contributed by atoms with Crippen molar-refractivity contribution in [2.75, 3.05) is 31.9 Å². The van der Waals surface area contributed by atoms with Crippen LogP contribution in [0.25, 0.3) is 0 Å². The van der Waals surface area contributed by atoms with Crippen LogP contribution in [0.1, 0.15) is 40.5 Å². The van der Waals surface area contributed by atoms with Crippen molar-refractivity contribution in [3.8, 4) is 0 Å². The molecule has 0 N–H and O–H groups in total. The average molecular weight is 533 g/mol. The number of nitrogens with zero attached hydrogens (tertiary/aromatic N) is 2. The van der Waals surface area contributed by atoms with E-state index in [9.17, 15) is 35.9 Å². The quantitative estimate of drug-likeness (QED) is 0.158. The average Bonchev–Trinajstić information content (AvgIpc) is 2.65. The summed E-state index contributed by atoms with van der Waals surface area (Å²) in [5.74, 6) is 0.0320. The predicted molar refractivity (Wildman–Crippen MR) is 125 cm³/mol. The molecule has 0 saturated heterocycles. The van der Waals surface area contributed by atoms with Crippen LogP contribution < -0.4 is 0 Å². The van der Waals surface area contributed by atoms with Gasteiger partial charge in [-0.2, -0.15) is 39.0 Å². The minimum atomic E-state index is -4.32. The monoisotopic (exact) mass is 532 g/mol. The van der Waals surface area contributed by atoms with E-state index in [1.54, 1.807) is 0 Å². The van der Waals surface area contributed by atoms with Crippen LogP contribution in [-0.4, -0.2) is 89.7 Å². The molecule has 0 aromatic rings. The van der Waals surface area contributed by atoms with Gasteiger partial charge in [-0.3, -0.25) is 19.4 Å². The molecule has 0 saturated carbocycles. The summed E-state index contributed by atoms with van der Waals surface area (Å²) < 4.78 is 76.3. The second-order valence-corrected chi connectivity index (χ2v) is 10.4. The van der Waals surface area contributed by atoms with Gasteiger partial charge >= 0.3 is 12.4 Å². The topological polar surface area (TPSA) is 40.6 Å². The van der Waals surface area contributed by atoms with Crippen molar-refractivity contribution in [1.29, 1.82) is 0 Å². The number of hydrogen-bond acceptors (Lipinski definition) is 7. The molecule has 0 aromatic heterocycles. The Labute approximate surface area is 200 Å². The van der Waals surface area contributed by atoms with E-state index in [2.05, 4.69) is 12.6 Å². The molecule has 192 valence electrons. The highest BCUT2D eigenvalue weighted by atomic mass is 33.1. The molecule has 0 fully saturated rings. The van der Waals surface area contributed by atoms with Crippen LogP contribution >= 0.6 is 34.2 Å². The molecule has 13 heteroatoms. The molecule has 0 aliphatic carbocycles. The summed E-state index contributed by atoms with van der Waals surface area (Å²) in [4.78, 5) is 24.3. The molecule has 0 bridgehead atoms. The highest BCUT2D eigenvalue weighted by molar-refractivity contribution is 8.76. The van der Waals surface area contributed by atoms with Gasteiger partial charge in [-0.05, 0) is 66.6 Å². The third-order valence-corrected chi connectivity index (χ3v) is 7.24. The number of carbonyl (C=O) groups excluding carboxylic acids is 2. The summed E-state index contributed by atoms with van der Waals surface area (Å²) in [5, 5.41) is 0. The van der Waals surface area contributed by atoms with Gasteiger partial charge in [0.25, 0.3) is 0 Å². The second kappa shape index (κ2) is 15.7. The van der Waals surface area contributed by atoms with Crippen LogP contribution in [0.3, 0.4) is 0 Å². The van der Waals surface area contributed by atoms with Gasteiger partial charge in [0, 0.05) is 5.75 Å². The van der Waals surface area contributed by atoms with Crippen molar-refractivity contribution in [3.05, 3.63) is 0 Å². The number of carbonyl (C=O) groups is 2. The number of Topliss-reactive ketones (excluding diaryl/α,β-unsaturated/α-hetero) is 2. The molecular weight excluding hydrogens is 498 g/mol. The van der Waals surface area contributed by atoms with Gasteiger partial charge in [0.2, 0.25) is 0 Å². The van der Waals surface area contributed by atoms with E-state index in [1.807, 2.05) is 6.26 Å². The SMILES string of the molecule is CC(=O)[C@H](C)N(C)C(CCS)C(F)(F)F.CSSCCC(N(C)[C@@H](C)C(C)=O)C(F)(F)F. The number of thiol groups is 1. The Bertz CT molecular complexity index is 564. The van der Waals surface area contributed by atoms with Crippen LogP contribution in [0.15, 0.2) is 0 Å². The molecule has 0 heterocycles. The molecule has 4 atom stereocenters. The molecule has 2 unspecified atom stereocenters. The maximum atomic E-state index is 12.9. The second-order valence-electron chi connectivity index (χ2n) is 7.31. The van der Waals surface area contributed by atoms with Gasteiger partial charge in [-0.25, -0.2) is 0 Å². The van der Waals surface area contributed by atoms with Crippen molar-refractivity contribution in [1.82, 2.24) is 9.80 Å². The summed E-state index contributed by atoms with van der Waals surface area (Å²) in [7, 11) is 5.51. The number of ketones is 2. The Morgan fingerprint density at radius 1 is 0.844 bits per heavy atom. The van der Waals surface area contributed by atoms with E-state index >= 15 is 0 Å². The van der Waals surface area contributed by atoms with E-state index in [4.69, 9.17) is 0 Å². The Balaban J connectivity index is 0. The van der Waals surface area contributed by atoms with E-state index in [-0.39, 0.29) is 30.2 Å². The van der Waals surface area contributed by atoms with Crippen molar-refractivity contribution in [2.45, 2.75) is 77.1 Å². The fourth-order valence-electron chi connectivity index (χ4n) is 2.68. The molecule has 0 amide bonds. The first-order valence-corrected chi connectivity index (χ1v) is 13.1. The molecule has 0 spiro atoms. The summed E-state index contributed by atoms with van der Waals surface area (Å²) in [6.45, 7) is 5.57. The first kappa shape index (κ1) is 34.1. The summed E-state index contributed by atoms with van der Waals surface area (Å²) in [5.41, 5.74) is 0. The summed E-state index contributed by atoms with van der Waals surface area (Å²) in [6, 6.07) is -4.59. The molecule has 32 heavy (non-hydrogen) atoms. The lowest BCUT2D eigenvalue weighted by Crippen LogP contribution is -2.50. The van der Waals surface area contributed by atoms with Gasteiger partial charge in [0.15, 0.2) is 0 Å². The van der Waals surface area contributed by atoms with Gasteiger partial charge < -0.3 is 0 Å². The molecule has 0 aromatic carbocycles. The number of rotatable bonds is 12. The normalized spacial score (nSPS) is 16.2. The van der Waals surface area contributed by atoms with Gasteiger partial charge in [-0.1, -0.05) is 21.6 Å². The first-order valence-electron chi connectivity index (χ1n) is 9.78. The smallest absolute Gasteiger partial charge is 0.298 e. The Hall–Kier alpha value is -0.110. The number of halogens is 6. The zero-order valence-corrected chi connectivity index (χ0v) is 21.9. The fraction of sp³-hybridized carbons (Fsp3) is 0.895. The van der Waals surface area contributed by atoms with E-state index in [0.29, 0.717) is 5.75 Å². The lowest BCUT2D eigenvalue weighted by Gasteiger charge is -2.33. The molecule has 0 rings (SSSR count). The van der Waals surface area contributed by atoms with Crippen molar-refractivity contribution >= 4 is 45.8 Å². The maximum absolute atomic E-state index is 12.9. The highest BCUT2D eigenvalue weighted by Crippen LogP contribution is 2.31. The van der Waals surface area contributed by atoms with Crippen LogP contribution in [0.2, 0.25) is 0 Å². The van der Waals surface area contributed by atoms with E-state index < -0.39 is 36.5 Å². The zero-order chi connectivity index (χ0) is 25.9. The maximum Gasteiger partial charge on any atom is 0.404 e. The third-order valence-electron chi connectivity index (χ3n) is 5.13. The van der Waals surface area contributed by atoms with Gasteiger partial charge in [0.1, 0.15) is 23.7 Å². The third kappa shape index (κ3) is 13.0. The molecule has 0 radical (unpaired) electrons. The summed E-state index contributed by atoms with van der Waals surface area (Å²) >= 11 is 3.79. The summed E-state index contributed by atoms with van der Waals surface area (Å²) in [6.07, 6.45) is -6.89. The lowest BCUT2D eigenvalue weighted by atomic mass is 10.1. The lowest BCUT2D eigenvalue weighted by molar-refractivity contribution is -0.186. The van der Waals surface area contributed by atoms with Gasteiger partial charge in [0.05, 0.1) is 12.1 Å². The molecule has 0 aliphatic rings. The first-order chi connectivity index (χ1) is 14.4. The number of likely N-dealkylation sites (N-methyl/N-ethyl adjacent to an activating group) is 2. The predicted octanol–water partition coefficient (Wildman–Crippen LogP) is 5.37. The van der Waals surface area contributed by atoms with Crippen molar-refractivity contribution < 1.29 is 35.9 Å². The Morgan fingerprint density at radius 2 is 1.19 bits per heavy atom. The standard InChI is InChI=1S/C10H18F3NOS2.C9H16F3NOS/c1-7(8(2)15)14(3)9(10(11,12)13)5-6-17-16-4;1-6(7(2)14)13(3)8(4-5-15)9(10,11)12/h7,9H,5-6H2,1-4H3;6,8,15H,4-5H2,1-3H3/t7-,9?;6-,8?/m00/s1. The number of alkyl halides is 6. The number of hydrogen-bond donors (Lipinski definition) is 1. The minimum Gasteiger partial charge on any atom is -0.298 e. The molecular formula is C19H34F6N2O2S3. The molecule has 4 nitrogen and oxygen atoms in total. The van der Waals surface area contributed by atoms with Crippen molar-refractivity contribution in [2.24, 2.45) is 0 Å². The van der Waals surface area contributed by atoms with Crippen LogP contribution in [-0.2, 0) is 9.59 Å².